The number of likely N-dealkylation sites (tertiary alicyclic amines) is 1. The van der Waals surface area contributed by atoms with Gasteiger partial charge in [0.2, 0.25) is 16.0 Å². The number of allylic oxidation sites excluding steroid dienone is 1. The van der Waals surface area contributed by atoms with Crippen LogP contribution in [-0.4, -0.2) is 98.9 Å². The lowest BCUT2D eigenvalue weighted by atomic mass is 10.1. The van der Waals surface area contributed by atoms with Gasteiger partial charge in [0.25, 0.3) is 0 Å². The average molecular weight is 610 g/mol. The molecule has 5 heterocycles. The summed E-state index contributed by atoms with van der Waals surface area (Å²) in [6.45, 7) is 5.74. The zero-order valence-corrected chi connectivity index (χ0v) is 25.1. The number of carbonyl (C=O) groups excluding carboxylic acids is 1. The number of thioether (sulfide) groups is 1. The molecule has 1 unspecified atom stereocenters. The molecule has 1 aliphatic carbocycles. The molecule has 1 amide bonds. The van der Waals surface area contributed by atoms with Crippen LogP contribution in [0, 0.1) is 17.1 Å². The number of nitriles is 1. The Bertz CT molecular complexity index is 1600. The van der Waals surface area contributed by atoms with Crippen LogP contribution in [0.3, 0.4) is 0 Å². The second kappa shape index (κ2) is 10.4. The predicted molar refractivity (Wildman–Crippen MR) is 160 cm³/mol. The molecule has 0 radical (unpaired) electrons. The Balaban J connectivity index is 1.09. The summed E-state index contributed by atoms with van der Waals surface area (Å²) in [5, 5.41) is 28.8. The molecule has 1 aromatic carbocycles. The van der Waals surface area contributed by atoms with Crippen molar-refractivity contribution in [2.75, 3.05) is 56.1 Å². The van der Waals surface area contributed by atoms with Gasteiger partial charge in [-0.3, -0.25) is 9.69 Å². The molecule has 3 aliphatic heterocycles. The Morgan fingerprint density at radius 2 is 2.05 bits per heavy atom. The van der Waals surface area contributed by atoms with Gasteiger partial charge in [0, 0.05) is 45.3 Å². The third kappa shape index (κ3) is 4.68. The fraction of sp³-hybridized carbons (Fsp3) is 0.500. The lowest BCUT2D eigenvalue weighted by molar-refractivity contribution is -0.143. The number of amides is 1. The number of β-amino-alcohol motifs (C(OH)–C–C–N with tert-alkyl or cyclic N) is 1. The molecule has 14 heteroatoms. The number of aliphatic hydroxyl groups is 1. The Morgan fingerprint density at radius 3 is 2.71 bits per heavy atom. The minimum atomic E-state index is -0.383. The van der Waals surface area contributed by atoms with E-state index in [9.17, 15) is 19.6 Å². The van der Waals surface area contributed by atoms with E-state index in [-0.39, 0.29) is 28.9 Å². The maximum Gasteiger partial charge on any atom is 0.236 e. The zero-order chi connectivity index (χ0) is 29.2. The summed E-state index contributed by atoms with van der Waals surface area (Å²) >= 11 is 2.99. The monoisotopic (exact) mass is 609 g/mol. The summed E-state index contributed by atoms with van der Waals surface area (Å²) in [6.07, 6.45) is 2.47. The van der Waals surface area contributed by atoms with Gasteiger partial charge in [-0.15, -0.1) is 5.10 Å². The number of nitrogens with zero attached hydrogens (tertiary/aromatic N) is 8. The van der Waals surface area contributed by atoms with Gasteiger partial charge >= 0.3 is 0 Å². The van der Waals surface area contributed by atoms with Crippen molar-refractivity contribution in [1.82, 2.24) is 29.7 Å². The lowest BCUT2D eigenvalue weighted by Crippen LogP contribution is -2.60. The highest BCUT2D eigenvalue weighted by Crippen LogP contribution is 2.46. The average Bonchev–Trinajstić information content (AvgIpc) is 3.30. The molecule has 1 spiro atoms. The normalized spacial score (nSPS) is 22.0. The fourth-order valence-electron chi connectivity index (χ4n) is 6.04. The number of fused-ring (bicyclic) bond motifs is 1. The number of benzene rings is 1. The van der Waals surface area contributed by atoms with Crippen LogP contribution in [0.15, 0.2) is 29.2 Å². The largest absolute Gasteiger partial charge is 0.389 e. The van der Waals surface area contributed by atoms with Crippen molar-refractivity contribution >= 4 is 50.6 Å². The topological polar surface area (TPSA) is 116 Å². The number of piperazine rings is 1. The van der Waals surface area contributed by atoms with E-state index in [0.717, 1.165) is 66.1 Å². The van der Waals surface area contributed by atoms with E-state index >= 15 is 0 Å². The van der Waals surface area contributed by atoms with Crippen molar-refractivity contribution in [1.29, 1.82) is 5.26 Å². The summed E-state index contributed by atoms with van der Waals surface area (Å²) in [5.41, 5.74) is 2.11. The van der Waals surface area contributed by atoms with E-state index < -0.39 is 0 Å². The molecule has 1 atom stereocenters. The second-order valence-corrected chi connectivity index (χ2v) is 13.4. The van der Waals surface area contributed by atoms with Crippen molar-refractivity contribution in [3.8, 4) is 6.07 Å². The number of nitrogens with one attached hydrogen (secondary N) is 1. The molecule has 3 aromatic rings. The van der Waals surface area contributed by atoms with Crippen molar-refractivity contribution in [3.05, 3.63) is 46.2 Å². The predicted octanol–water partition coefficient (Wildman–Crippen LogP) is 2.30. The van der Waals surface area contributed by atoms with Crippen LogP contribution in [0.25, 0.3) is 10.7 Å². The summed E-state index contributed by atoms with van der Waals surface area (Å²) in [7, 11) is 1.97. The van der Waals surface area contributed by atoms with Gasteiger partial charge in [0.05, 0.1) is 24.0 Å². The van der Waals surface area contributed by atoms with Crippen LogP contribution in [-0.2, 0) is 11.2 Å². The molecule has 4 aliphatic rings. The smallest absolute Gasteiger partial charge is 0.236 e. The van der Waals surface area contributed by atoms with Crippen LogP contribution >= 0.6 is 23.1 Å². The molecule has 42 heavy (non-hydrogen) atoms. The molecule has 2 N–H and O–H groups in total. The summed E-state index contributed by atoms with van der Waals surface area (Å²) < 4.78 is 15.4. The van der Waals surface area contributed by atoms with Crippen molar-refractivity contribution < 1.29 is 14.3 Å². The third-order valence-corrected chi connectivity index (χ3v) is 10.8. The van der Waals surface area contributed by atoms with Crippen LogP contribution in [0.5, 0.6) is 0 Å². The van der Waals surface area contributed by atoms with Gasteiger partial charge in [0.15, 0.2) is 11.3 Å². The number of aromatic nitrogens is 3. The van der Waals surface area contributed by atoms with Crippen molar-refractivity contribution in [3.63, 3.8) is 0 Å². The van der Waals surface area contributed by atoms with Crippen molar-refractivity contribution in [2.45, 2.75) is 43.3 Å². The lowest BCUT2D eigenvalue weighted by Gasteiger charge is -2.43. The van der Waals surface area contributed by atoms with E-state index in [0.29, 0.717) is 30.2 Å². The minimum absolute atomic E-state index is 0.000116. The molecule has 2 aromatic heterocycles. The maximum atomic E-state index is 13.5. The van der Waals surface area contributed by atoms with E-state index in [1.807, 2.05) is 11.6 Å². The molecular formula is C28H32FN9O2S2. The Labute approximate surface area is 251 Å². The standard InChI is InChI=1S/C28H32FN9O2S2/c1-3-20-24(34(2)25-32-23(21(12-30)41-25)17-4-6-18(29)7-5-17)38-26(31-20)42-27(33-38)35-10-11-37(28(16-35)8-9-28)15-22(40)36-13-19(39)14-36/h4-7,19,25,32,39H,3,8-11,13-16H2,1-2H3. The first kappa shape index (κ1) is 27.5. The number of imidazole rings is 1. The number of hydrogen-bond donors (Lipinski definition) is 2. The summed E-state index contributed by atoms with van der Waals surface area (Å²) in [5.74, 6) is 0.656. The van der Waals surface area contributed by atoms with Gasteiger partial charge in [-0.1, -0.05) is 30.0 Å². The van der Waals surface area contributed by atoms with Gasteiger partial charge in [0.1, 0.15) is 16.8 Å². The Morgan fingerprint density at radius 1 is 1.29 bits per heavy atom. The Kier molecular flexibility index (Phi) is 6.80. The SMILES string of the molecule is CCc1nc2sc(N3CCN(CC(=O)N4CC(O)C4)C4(CC4)C3)nn2c1N(C)C1NC(c2ccc(F)cc2)=C(C#N)S1. The van der Waals surface area contributed by atoms with E-state index in [1.165, 1.54) is 23.9 Å². The number of halogens is 1. The molecule has 7 rings (SSSR count). The van der Waals surface area contributed by atoms with Crippen LogP contribution < -0.4 is 15.1 Å². The molecule has 1 saturated carbocycles. The molecule has 3 fully saturated rings. The molecule has 2 saturated heterocycles. The number of anilines is 2. The second-order valence-electron chi connectivity index (χ2n) is 11.4. The van der Waals surface area contributed by atoms with E-state index in [1.54, 1.807) is 28.4 Å². The van der Waals surface area contributed by atoms with E-state index in [4.69, 9.17) is 10.1 Å². The highest BCUT2D eigenvalue weighted by Gasteiger charge is 2.52. The third-order valence-electron chi connectivity index (χ3n) is 8.65. The zero-order valence-electron chi connectivity index (χ0n) is 23.5. The maximum absolute atomic E-state index is 13.5. The minimum Gasteiger partial charge on any atom is -0.389 e. The van der Waals surface area contributed by atoms with E-state index in [2.05, 4.69) is 33.0 Å². The number of rotatable bonds is 7. The summed E-state index contributed by atoms with van der Waals surface area (Å²) in [6, 6.07) is 8.44. The molecule has 0 bridgehead atoms. The number of aliphatic hydroxyl groups excluding tert-OH is 1. The molecule has 11 nitrogen and oxygen atoms in total. The Hall–Kier alpha value is -3.38. The van der Waals surface area contributed by atoms with Crippen LogP contribution in [0.2, 0.25) is 0 Å². The van der Waals surface area contributed by atoms with Crippen molar-refractivity contribution in [2.24, 2.45) is 0 Å². The highest BCUT2D eigenvalue weighted by atomic mass is 32.2. The number of carbonyl (C=O) groups is 1. The summed E-state index contributed by atoms with van der Waals surface area (Å²) in [4.78, 5) is 27.4. The first-order valence-electron chi connectivity index (χ1n) is 14.2. The first-order chi connectivity index (χ1) is 20.3. The first-order valence-corrected chi connectivity index (χ1v) is 15.9. The van der Waals surface area contributed by atoms with Crippen LogP contribution in [0.4, 0.5) is 15.3 Å². The quantitative estimate of drug-likeness (QED) is 0.414. The number of aryl methyl sites for hydroxylation is 1. The molecular weight excluding hydrogens is 578 g/mol. The highest BCUT2D eigenvalue weighted by molar-refractivity contribution is 8.04. The molecule has 220 valence electrons. The van der Waals surface area contributed by atoms with Gasteiger partial charge < -0.3 is 25.1 Å². The van der Waals surface area contributed by atoms with Gasteiger partial charge in [-0.2, -0.15) is 9.78 Å². The fourth-order valence-corrected chi connectivity index (χ4v) is 7.99. The van der Waals surface area contributed by atoms with Gasteiger partial charge in [-0.25, -0.2) is 9.37 Å². The van der Waals surface area contributed by atoms with Gasteiger partial charge in [-0.05, 0) is 49.1 Å². The number of hydrogen-bond acceptors (Lipinski definition) is 11. The van der Waals surface area contributed by atoms with Crippen LogP contribution in [0.1, 0.15) is 31.0 Å².